The molecule has 1 aromatic carbocycles. The van der Waals surface area contributed by atoms with Crippen LogP contribution in [0.15, 0.2) is 12.1 Å². The number of aromatic hydroxyl groups is 1. The molecule has 1 aliphatic rings. The third-order valence-electron chi connectivity index (χ3n) is 4.36. The Hall–Kier alpha value is -1.46. The summed E-state index contributed by atoms with van der Waals surface area (Å²) in [7, 11) is 3.02. The second-order valence-corrected chi connectivity index (χ2v) is 5.68. The fraction of sp³-hybridized carbons (Fsp3) is 0.625. The van der Waals surface area contributed by atoms with E-state index in [1.807, 2.05) is 0 Å². The molecule has 1 fully saturated rings. The third kappa shape index (κ3) is 3.41. The molecule has 0 bridgehead atoms. The second kappa shape index (κ2) is 7.00. The summed E-state index contributed by atoms with van der Waals surface area (Å²) in [6.07, 6.45) is 4.86. The van der Waals surface area contributed by atoms with Gasteiger partial charge in [0.15, 0.2) is 0 Å². The number of hydrogen-bond acceptors (Lipinski definition) is 5. The molecule has 0 aromatic heterocycles. The van der Waals surface area contributed by atoms with Crippen LogP contribution in [-0.2, 0) is 0 Å². The van der Waals surface area contributed by atoms with Crippen molar-refractivity contribution in [2.24, 2.45) is 11.7 Å². The van der Waals surface area contributed by atoms with Crippen LogP contribution in [0.3, 0.4) is 0 Å². The van der Waals surface area contributed by atoms with Crippen LogP contribution >= 0.6 is 0 Å². The van der Waals surface area contributed by atoms with Gasteiger partial charge < -0.3 is 25.4 Å². The van der Waals surface area contributed by atoms with Crippen LogP contribution in [0.1, 0.15) is 43.7 Å². The lowest BCUT2D eigenvalue weighted by molar-refractivity contribution is 0.0603. The smallest absolute Gasteiger partial charge is 0.131 e. The number of nitrogens with two attached hydrogens (primary N) is 1. The molecule has 0 radical (unpaired) electrons. The number of aliphatic hydroxyl groups excluding tert-OH is 1. The van der Waals surface area contributed by atoms with Gasteiger partial charge in [-0.1, -0.05) is 19.3 Å². The van der Waals surface area contributed by atoms with Crippen molar-refractivity contribution < 1.29 is 19.7 Å². The number of phenolic OH excluding ortho intramolecular Hbond substituents is 1. The minimum Gasteiger partial charge on any atom is -0.508 e. The van der Waals surface area contributed by atoms with Crippen LogP contribution in [-0.4, -0.2) is 30.5 Å². The van der Waals surface area contributed by atoms with Crippen molar-refractivity contribution in [3.8, 4) is 17.2 Å². The molecule has 0 saturated heterocycles. The van der Waals surface area contributed by atoms with Gasteiger partial charge in [-0.3, -0.25) is 0 Å². The van der Waals surface area contributed by atoms with Gasteiger partial charge in [0.05, 0.1) is 31.9 Å². The van der Waals surface area contributed by atoms with Crippen LogP contribution in [0.5, 0.6) is 17.2 Å². The van der Waals surface area contributed by atoms with Gasteiger partial charge in [-0.15, -0.1) is 0 Å². The van der Waals surface area contributed by atoms with E-state index in [0.29, 0.717) is 17.1 Å². The van der Waals surface area contributed by atoms with Gasteiger partial charge in [0.1, 0.15) is 17.2 Å². The molecular weight excluding hydrogens is 270 g/mol. The van der Waals surface area contributed by atoms with Crippen molar-refractivity contribution in [2.45, 2.75) is 44.2 Å². The molecule has 2 atom stereocenters. The summed E-state index contributed by atoms with van der Waals surface area (Å²) in [5, 5.41) is 20.3. The lowest BCUT2D eigenvalue weighted by Gasteiger charge is -2.31. The summed E-state index contributed by atoms with van der Waals surface area (Å²) in [6, 6.07) is 2.38. The first-order chi connectivity index (χ1) is 10.1. The molecule has 1 aliphatic carbocycles. The van der Waals surface area contributed by atoms with Crippen molar-refractivity contribution in [3.63, 3.8) is 0 Å². The lowest BCUT2D eigenvalue weighted by atomic mass is 9.81. The Balaban J connectivity index is 2.30. The summed E-state index contributed by atoms with van der Waals surface area (Å²) in [5.74, 6) is 1.13. The van der Waals surface area contributed by atoms with Crippen LogP contribution in [0.4, 0.5) is 0 Å². The first kappa shape index (κ1) is 15.9. The summed E-state index contributed by atoms with van der Waals surface area (Å²) in [4.78, 5) is 0. The number of benzene rings is 1. The molecule has 118 valence electrons. The van der Waals surface area contributed by atoms with E-state index in [1.54, 1.807) is 0 Å². The minimum absolute atomic E-state index is 0.0480. The zero-order valence-corrected chi connectivity index (χ0v) is 12.7. The molecule has 5 nitrogen and oxygen atoms in total. The number of rotatable bonds is 5. The third-order valence-corrected chi connectivity index (χ3v) is 4.36. The van der Waals surface area contributed by atoms with Gasteiger partial charge in [-0.05, 0) is 18.8 Å². The van der Waals surface area contributed by atoms with Crippen LogP contribution in [0, 0.1) is 5.92 Å². The van der Waals surface area contributed by atoms with E-state index in [9.17, 15) is 10.2 Å². The van der Waals surface area contributed by atoms with E-state index in [4.69, 9.17) is 15.2 Å². The molecule has 21 heavy (non-hydrogen) atoms. The van der Waals surface area contributed by atoms with Gasteiger partial charge in [0, 0.05) is 12.1 Å². The predicted molar refractivity (Wildman–Crippen MR) is 80.7 cm³/mol. The van der Waals surface area contributed by atoms with E-state index < -0.39 is 12.1 Å². The maximum atomic E-state index is 10.6. The van der Waals surface area contributed by atoms with Gasteiger partial charge in [-0.25, -0.2) is 0 Å². The molecule has 4 N–H and O–H groups in total. The highest BCUT2D eigenvalue weighted by molar-refractivity contribution is 5.52. The zero-order valence-electron chi connectivity index (χ0n) is 12.7. The maximum Gasteiger partial charge on any atom is 0.131 e. The molecular formula is C16H25NO4. The fourth-order valence-corrected chi connectivity index (χ4v) is 3.19. The number of aliphatic hydroxyl groups is 1. The molecule has 1 saturated carbocycles. The molecule has 0 heterocycles. The summed E-state index contributed by atoms with van der Waals surface area (Å²) >= 11 is 0. The van der Waals surface area contributed by atoms with Gasteiger partial charge in [0.25, 0.3) is 0 Å². The largest absolute Gasteiger partial charge is 0.508 e. The Kier molecular flexibility index (Phi) is 5.31. The average molecular weight is 295 g/mol. The Morgan fingerprint density at radius 2 is 1.62 bits per heavy atom. The summed E-state index contributed by atoms with van der Waals surface area (Å²) in [5.41, 5.74) is 6.89. The monoisotopic (exact) mass is 295 g/mol. The van der Waals surface area contributed by atoms with Crippen LogP contribution in [0.25, 0.3) is 0 Å². The van der Waals surface area contributed by atoms with Gasteiger partial charge in [-0.2, -0.15) is 0 Å². The highest BCUT2D eigenvalue weighted by Gasteiger charge is 2.31. The van der Waals surface area contributed by atoms with Crippen LogP contribution in [0.2, 0.25) is 0 Å². The molecule has 0 amide bonds. The summed E-state index contributed by atoms with van der Waals surface area (Å²) in [6.45, 7) is 0. The van der Waals surface area contributed by atoms with Crippen molar-refractivity contribution in [1.82, 2.24) is 0 Å². The van der Waals surface area contributed by atoms with Crippen molar-refractivity contribution >= 4 is 0 Å². The SMILES string of the molecule is COc1cc(O)cc(OC)c1[C@@H](N)[C@@H](O)C1CCCCC1. The molecule has 2 rings (SSSR count). The molecule has 5 heteroatoms. The van der Waals surface area contributed by atoms with E-state index in [1.165, 1.54) is 32.8 Å². The molecule has 0 unspecified atom stereocenters. The Labute approximate surface area is 125 Å². The Morgan fingerprint density at radius 1 is 1.10 bits per heavy atom. The maximum absolute atomic E-state index is 10.6. The van der Waals surface area contributed by atoms with Crippen molar-refractivity contribution in [3.05, 3.63) is 17.7 Å². The van der Waals surface area contributed by atoms with Crippen molar-refractivity contribution in [2.75, 3.05) is 14.2 Å². The van der Waals surface area contributed by atoms with Crippen molar-refractivity contribution in [1.29, 1.82) is 0 Å². The Morgan fingerprint density at radius 3 is 2.10 bits per heavy atom. The fourth-order valence-electron chi connectivity index (χ4n) is 3.19. The normalized spacial score (nSPS) is 19.0. The minimum atomic E-state index is -0.641. The lowest BCUT2D eigenvalue weighted by Crippen LogP contribution is -2.34. The number of ether oxygens (including phenoxy) is 2. The second-order valence-electron chi connectivity index (χ2n) is 5.68. The average Bonchev–Trinajstić information content (AvgIpc) is 2.53. The molecule has 0 aliphatic heterocycles. The Bertz CT molecular complexity index is 446. The zero-order chi connectivity index (χ0) is 15.4. The van der Waals surface area contributed by atoms with Gasteiger partial charge >= 0.3 is 0 Å². The predicted octanol–water partition coefficient (Wildman–Crippen LogP) is 2.35. The number of hydrogen-bond donors (Lipinski definition) is 3. The highest BCUT2D eigenvalue weighted by atomic mass is 16.5. The highest BCUT2D eigenvalue weighted by Crippen LogP contribution is 2.41. The van der Waals surface area contributed by atoms with E-state index in [0.717, 1.165) is 25.7 Å². The first-order valence-corrected chi connectivity index (χ1v) is 7.47. The standard InChI is InChI=1S/C16H25NO4/c1-20-12-8-11(18)9-13(21-2)14(12)15(17)16(19)10-6-4-3-5-7-10/h8-10,15-16,18-19H,3-7,17H2,1-2H3/t15-,16+/m1/s1. The van der Waals surface area contributed by atoms with E-state index >= 15 is 0 Å². The number of methoxy groups -OCH3 is 2. The quantitative estimate of drug-likeness (QED) is 0.776. The van der Waals surface area contributed by atoms with E-state index in [-0.39, 0.29) is 11.7 Å². The van der Waals surface area contributed by atoms with E-state index in [2.05, 4.69) is 0 Å². The van der Waals surface area contributed by atoms with Crippen LogP contribution < -0.4 is 15.2 Å². The topological polar surface area (TPSA) is 84.9 Å². The summed E-state index contributed by atoms with van der Waals surface area (Å²) < 4.78 is 10.6. The molecule has 0 spiro atoms. The number of phenols is 1. The molecule has 1 aromatic rings. The first-order valence-electron chi connectivity index (χ1n) is 7.47. The van der Waals surface area contributed by atoms with Gasteiger partial charge in [0.2, 0.25) is 0 Å².